The molecular formula is C12H16N2O3S. The van der Waals surface area contributed by atoms with Gasteiger partial charge < -0.3 is 15.0 Å². The standard InChI is InChI=1S/C12H16N2O3S/c1-2-7-18-8-5-13-12(17)10-4-3-6-14(10)9-11(15)16/h2-4,6H,1,5,7-9H2,(H,13,17)(H,15,16). The van der Waals surface area contributed by atoms with E-state index in [1.807, 2.05) is 6.08 Å². The number of aliphatic carboxylic acids is 1. The third-order valence-electron chi connectivity index (χ3n) is 2.14. The van der Waals surface area contributed by atoms with E-state index < -0.39 is 5.97 Å². The quantitative estimate of drug-likeness (QED) is 0.549. The van der Waals surface area contributed by atoms with Crippen LogP contribution in [0.4, 0.5) is 0 Å². The lowest BCUT2D eigenvalue weighted by Crippen LogP contribution is -2.28. The van der Waals surface area contributed by atoms with E-state index in [2.05, 4.69) is 11.9 Å². The molecule has 0 spiro atoms. The van der Waals surface area contributed by atoms with Crippen LogP contribution < -0.4 is 5.32 Å². The summed E-state index contributed by atoms with van der Waals surface area (Å²) >= 11 is 1.67. The number of aromatic nitrogens is 1. The van der Waals surface area contributed by atoms with Gasteiger partial charge in [0.1, 0.15) is 12.2 Å². The fourth-order valence-corrected chi connectivity index (χ4v) is 1.98. The van der Waals surface area contributed by atoms with E-state index in [4.69, 9.17) is 5.11 Å². The summed E-state index contributed by atoms with van der Waals surface area (Å²) in [5.41, 5.74) is 0.367. The fourth-order valence-electron chi connectivity index (χ4n) is 1.40. The third-order valence-corrected chi connectivity index (χ3v) is 3.10. The van der Waals surface area contributed by atoms with Crippen molar-refractivity contribution in [2.45, 2.75) is 6.54 Å². The summed E-state index contributed by atoms with van der Waals surface area (Å²) in [6.45, 7) is 3.95. The molecule has 0 saturated carbocycles. The van der Waals surface area contributed by atoms with E-state index >= 15 is 0 Å². The van der Waals surface area contributed by atoms with Gasteiger partial charge in [0.2, 0.25) is 0 Å². The van der Waals surface area contributed by atoms with Gasteiger partial charge in [-0.15, -0.1) is 6.58 Å². The van der Waals surface area contributed by atoms with Crippen molar-refractivity contribution in [3.63, 3.8) is 0 Å². The maximum Gasteiger partial charge on any atom is 0.323 e. The zero-order valence-corrected chi connectivity index (χ0v) is 10.8. The van der Waals surface area contributed by atoms with Crippen molar-refractivity contribution in [3.05, 3.63) is 36.7 Å². The lowest BCUT2D eigenvalue weighted by molar-refractivity contribution is -0.137. The summed E-state index contributed by atoms with van der Waals surface area (Å²) in [6.07, 6.45) is 3.39. The van der Waals surface area contributed by atoms with E-state index in [1.54, 1.807) is 30.1 Å². The molecule has 0 saturated heterocycles. The van der Waals surface area contributed by atoms with Gasteiger partial charge in [-0.2, -0.15) is 11.8 Å². The Morgan fingerprint density at radius 2 is 2.33 bits per heavy atom. The Bertz CT molecular complexity index is 429. The number of amides is 1. The van der Waals surface area contributed by atoms with Crippen molar-refractivity contribution in [3.8, 4) is 0 Å². The molecule has 0 radical (unpaired) electrons. The molecule has 0 unspecified atom stereocenters. The van der Waals surface area contributed by atoms with Gasteiger partial charge in [-0.3, -0.25) is 9.59 Å². The summed E-state index contributed by atoms with van der Waals surface area (Å²) in [7, 11) is 0. The number of thioether (sulfide) groups is 1. The van der Waals surface area contributed by atoms with Crippen LogP contribution in [0.25, 0.3) is 0 Å². The highest BCUT2D eigenvalue weighted by molar-refractivity contribution is 7.99. The smallest absolute Gasteiger partial charge is 0.323 e. The van der Waals surface area contributed by atoms with Crippen molar-refractivity contribution in [1.29, 1.82) is 0 Å². The molecule has 0 aromatic carbocycles. The van der Waals surface area contributed by atoms with Crippen LogP contribution in [0.5, 0.6) is 0 Å². The van der Waals surface area contributed by atoms with Crippen molar-refractivity contribution < 1.29 is 14.7 Å². The van der Waals surface area contributed by atoms with Crippen molar-refractivity contribution in [1.82, 2.24) is 9.88 Å². The molecule has 1 amide bonds. The normalized spacial score (nSPS) is 10.0. The SMILES string of the molecule is C=CCSCCNC(=O)c1cccn1CC(=O)O. The number of carbonyl (C=O) groups excluding carboxylic acids is 1. The van der Waals surface area contributed by atoms with Crippen LogP contribution in [0.2, 0.25) is 0 Å². The van der Waals surface area contributed by atoms with Gasteiger partial charge in [0.15, 0.2) is 0 Å². The van der Waals surface area contributed by atoms with Gasteiger partial charge in [-0.05, 0) is 12.1 Å². The summed E-state index contributed by atoms with van der Waals surface area (Å²) in [5.74, 6) is 0.435. The molecule has 0 fully saturated rings. The zero-order valence-electron chi connectivity index (χ0n) is 9.96. The first-order chi connectivity index (χ1) is 8.65. The number of nitrogens with one attached hydrogen (secondary N) is 1. The van der Waals surface area contributed by atoms with Crippen LogP contribution in [0, 0.1) is 0 Å². The summed E-state index contributed by atoms with van der Waals surface area (Å²) in [4.78, 5) is 22.4. The van der Waals surface area contributed by atoms with Crippen LogP contribution in [0.15, 0.2) is 31.0 Å². The predicted octanol–water partition coefficient (Wildman–Crippen LogP) is 1.22. The third kappa shape index (κ3) is 4.67. The number of nitrogens with zero attached hydrogens (tertiary/aromatic N) is 1. The van der Waals surface area contributed by atoms with E-state index in [0.717, 1.165) is 11.5 Å². The Morgan fingerprint density at radius 1 is 1.56 bits per heavy atom. The van der Waals surface area contributed by atoms with Crippen molar-refractivity contribution in [2.75, 3.05) is 18.1 Å². The second-order valence-electron chi connectivity index (χ2n) is 3.53. The number of rotatable bonds is 8. The Labute approximate surface area is 110 Å². The van der Waals surface area contributed by atoms with E-state index in [9.17, 15) is 9.59 Å². The first kappa shape index (κ1) is 14.4. The molecule has 98 valence electrons. The maximum absolute atomic E-state index is 11.8. The minimum absolute atomic E-state index is 0.207. The maximum atomic E-state index is 11.8. The summed E-state index contributed by atoms with van der Waals surface area (Å²) in [5, 5.41) is 11.4. The molecule has 0 atom stereocenters. The van der Waals surface area contributed by atoms with Gasteiger partial charge in [0, 0.05) is 24.2 Å². The van der Waals surface area contributed by atoms with E-state index in [0.29, 0.717) is 12.2 Å². The molecule has 1 heterocycles. The number of hydrogen-bond donors (Lipinski definition) is 2. The Balaban J connectivity index is 2.43. The minimum atomic E-state index is -0.971. The molecule has 0 aliphatic carbocycles. The molecule has 1 aromatic heterocycles. The first-order valence-electron chi connectivity index (χ1n) is 5.49. The molecule has 0 aliphatic heterocycles. The molecule has 0 aliphatic rings. The molecule has 0 bridgehead atoms. The van der Waals surface area contributed by atoms with Gasteiger partial charge in [-0.25, -0.2) is 0 Å². The second kappa shape index (κ2) is 7.60. The highest BCUT2D eigenvalue weighted by Crippen LogP contribution is 2.03. The largest absolute Gasteiger partial charge is 0.480 e. The van der Waals surface area contributed by atoms with Crippen molar-refractivity contribution in [2.24, 2.45) is 0 Å². The molecule has 18 heavy (non-hydrogen) atoms. The van der Waals surface area contributed by atoms with Crippen LogP contribution in [-0.4, -0.2) is 39.6 Å². The number of hydrogen-bond acceptors (Lipinski definition) is 3. The number of carboxylic acids is 1. The van der Waals surface area contributed by atoms with Crippen LogP contribution in [0.3, 0.4) is 0 Å². The molecule has 5 nitrogen and oxygen atoms in total. The molecule has 6 heteroatoms. The highest BCUT2D eigenvalue weighted by Gasteiger charge is 2.11. The summed E-state index contributed by atoms with van der Waals surface area (Å²) < 4.78 is 1.41. The first-order valence-corrected chi connectivity index (χ1v) is 6.64. The van der Waals surface area contributed by atoms with E-state index in [-0.39, 0.29) is 12.5 Å². The van der Waals surface area contributed by atoms with Crippen LogP contribution >= 0.6 is 11.8 Å². The zero-order chi connectivity index (χ0) is 13.4. The second-order valence-corrected chi connectivity index (χ2v) is 4.68. The number of carbonyl (C=O) groups is 2. The summed E-state index contributed by atoms with van der Waals surface area (Å²) in [6, 6.07) is 3.26. The van der Waals surface area contributed by atoms with Crippen LogP contribution in [0.1, 0.15) is 10.5 Å². The van der Waals surface area contributed by atoms with Gasteiger partial charge >= 0.3 is 5.97 Å². The van der Waals surface area contributed by atoms with Gasteiger partial charge in [-0.1, -0.05) is 6.08 Å². The fraction of sp³-hybridized carbons (Fsp3) is 0.333. The Hall–Kier alpha value is -1.69. The van der Waals surface area contributed by atoms with Crippen molar-refractivity contribution >= 4 is 23.6 Å². The Morgan fingerprint density at radius 3 is 3.00 bits per heavy atom. The lowest BCUT2D eigenvalue weighted by Gasteiger charge is -2.07. The molecule has 1 rings (SSSR count). The average molecular weight is 268 g/mol. The average Bonchev–Trinajstić information content (AvgIpc) is 2.76. The minimum Gasteiger partial charge on any atom is -0.480 e. The highest BCUT2D eigenvalue weighted by atomic mass is 32.2. The predicted molar refractivity (Wildman–Crippen MR) is 71.9 cm³/mol. The topological polar surface area (TPSA) is 71.3 Å². The van der Waals surface area contributed by atoms with Gasteiger partial charge in [0.05, 0.1) is 0 Å². The van der Waals surface area contributed by atoms with E-state index in [1.165, 1.54) is 4.57 Å². The van der Waals surface area contributed by atoms with Gasteiger partial charge in [0.25, 0.3) is 5.91 Å². The Kier molecular flexibility index (Phi) is 6.07. The molecule has 2 N–H and O–H groups in total. The lowest BCUT2D eigenvalue weighted by atomic mass is 10.4. The molecular weight excluding hydrogens is 252 g/mol. The molecule has 1 aromatic rings. The monoisotopic (exact) mass is 268 g/mol. The van der Waals surface area contributed by atoms with Crippen LogP contribution in [-0.2, 0) is 11.3 Å². The number of carboxylic acid groups (broad SMARTS) is 1.